The minimum absolute atomic E-state index is 0.00357. The van der Waals surface area contributed by atoms with Gasteiger partial charge in [-0.2, -0.15) is 0 Å². The lowest BCUT2D eigenvalue weighted by atomic mass is 10.1. The lowest BCUT2D eigenvalue weighted by Gasteiger charge is -2.14. The highest BCUT2D eigenvalue weighted by molar-refractivity contribution is 6.34. The van der Waals surface area contributed by atoms with Crippen molar-refractivity contribution in [2.75, 3.05) is 12.4 Å². The minimum atomic E-state index is -0.758. The Morgan fingerprint density at radius 3 is 2.64 bits per heavy atom. The SMILES string of the molecule is COC(=O)c1ccc(F)c(Cl)c1Nc1ccc(F)cc1C=O. The molecule has 0 saturated carbocycles. The van der Waals surface area contributed by atoms with Gasteiger partial charge in [0.1, 0.15) is 16.7 Å². The predicted molar refractivity (Wildman–Crippen MR) is 77.8 cm³/mol. The normalized spacial score (nSPS) is 10.2. The quantitative estimate of drug-likeness (QED) is 0.683. The Hall–Kier alpha value is -2.47. The van der Waals surface area contributed by atoms with Crippen LogP contribution in [0.25, 0.3) is 0 Å². The van der Waals surface area contributed by atoms with Crippen LogP contribution in [0.2, 0.25) is 5.02 Å². The Morgan fingerprint density at radius 2 is 2.00 bits per heavy atom. The van der Waals surface area contributed by atoms with Crippen molar-refractivity contribution in [3.05, 3.63) is 58.1 Å². The Morgan fingerprint density at radius 1 is 1.27 bits per heavy atom. The molecule has 114 valence electrons. The van der Waals surface area contributed by atoms with Crippen molar-refractivity contribution in [2.24, 2.45) is 0 Å². The number of esters is 1. The van der Waals surface area contributed by atoms with Crippen molar-refractivity contribution < 1.29 is 23.1 Å². The summed E-state index contributed by atoms with van der Waals surface area (Å²) in [5.74, 6) is -2.10. The summed E-state index contributed by atoms with van der Waals surface area (Å²) < 4.78 is 31.3. The fraction of sp³-hybridized carbons (Fsp3) is 0.0667. The van der Waals surface area contributed by atoms with Crippen LogP contribution in [0.1, 0.15) is 20.7 Å². The van der Waals surface area contributed by atoms with E-state index in [0.29, 0.717) is 6.29 Å². The maximum absolute atomic E-state index is 13.6. The highest BCUT2D eigenvalue weighted by atomic mass is 35.5. The number of hydrogen-bond donors (Lipinski definition) is 1. The number of benzene rings is 2. The van der Waals surface area contributed by atoms with E-state index < -0.39 is 17.6 Å². The summed E-state index contributed by atoms with van der Waals surface area (Å²) in [6.07, 6.45) is 0.427. The van der Waals surface area contributed by atoms with E-state index in [1.165, 1.54) is 12.1 Å². The first-order chi connectivity index (χ1) is 10.5. The van der Waals surface area contributed by atoms with E-state index in [-0.39, 0.29) is 27.5 Å². The van der Waals surface area contributed by atoms with Crippen LogP contribution < -0.4 is 5.32 Å². The van der Waals surface area contributed by atoms with Gasteiger partial charge in [-0.25, -0.2) is 13.6 Å². The molecule has 0 aliphatic rings. The molecule has 0 aliphatic carbocycles. The molecule has 0 heterocycles. The number of methoxy groups -OCH3 is 1. The average Bonchev–Trinajstić information content (AvgIpc) is 2.52. The largest absolute Gasteiger partial charge is 0.465 e. The number of halogens is 3. The topological polar surface area (TPSA) is 55.4 Å². The van der Waals surface area contributed by atoms with Crippen LogP contribution in [-0.4, -0.2) is 19.4 Å². The van der Waals surface area contributed by atoms with Gasteiger partial charge in [0.05, 0.1) is 18.4 Å². The fourth-order valence-corrected chi connectivity index (χ4v) is 2.04. The second kappa shape index (κ2) is 6.53. The number of anilines is 2. The van der Waals surface area contributed by atoms with E-state index in [1.54, 1.807) is 0 Å². The lowest BCUT2D eigenvalue weighted by Crippen LogP contribution is -2.08. The van der Waals surface area contributed by atoms with Gasteiger partial charge >= 0.3 is 5.97 Å². The Balaban J connectivity index is 2.55. The molecule has 0 aromatic heterocycles. The van der Waals surface area contributed by atoms with Gasteiger partial charge in [0.15, 0.2) is 6.29 Å². The van der Waals surface area contributed by atoms with Gasteiger partial charge < -0.3 is 10.1 Å². The van der Waals surface area contributed by atoms with E-state index in [9.17, 15) is 18.4 Å². The van der Waals surface area contributed by atoms with E-state index >= 15 is 0 Å². The first-order valence-electron chi connectivity index (χ1n) is 6.06. The maximum atomic E-state index is 13.6. The fourth-order valence-electron chi connectivity index (χ4n) is 1.83. The second-order valence-corrected chi connectivity index (χ2v) is 4.63. The molecule has 0 atom stereocenters. The van der Waals surface area contributed by atoms with Gasteiger partial charge in [-0.3, -0.25) is 4.79 Å². The first-order valence-corrected chi connectivity index (χ1v) is 6.43. The van der Waals surface area contributed by atoms with E-state index in [4.69, 9.17) is 11.6 Å². The van der Waals surface area contributed by atoms with Gasteiger partial charge in [-0.1, -0.05) is 11.6 Å². The molecular formula is C15H10ClF2NO3. The number of carbonyl (C=O) groups excluding carboxylic acids is 2. The molecule has 2 rings (SSSR count). The average molecular weight is 326 g/mol. The third kappa shape index (κ3) is 3.07. The van der Waals surface area contributed by atoms with Crippen LogP contribution in [0.5, 0.6) is 0 Å². The minimum Gasteiger partial charge on any atom is -0.465 e. The Bertz CT molecular complexity index is 750. The molecular weight excluding hydrogens is 316 g/mol. The number of aldehydes is 1. The summed E-state index contributed by atoms with van der Waals surface area (Å²) in [5, 5.41) is 2.33. The highest BCUT2D eigenvalue weighted by Crippen LogP contribution is 2.33. The number of carbonyl (C=O) groups is 2. The zero-order valence-corrected chi connectivity index (χ0v) is 12.1. The summed E-state index contributed by atoms with van der Waals surface area (Å²) in [6.45, 7) is 0. The lowest BCUT2D eigenvalue weighted by molar-refractivity contribution is 0.0601. The molecule has 0 spiro atoms. The van der Waals surface area contributed by atoms with Crippen LogP contribution in [0.4, 0.5) is 20.2 Å². The molecule has 4 nitrogen and oxygen atoms in total. The number of nitrogens with one attached hydrogen (secondary N) is 1. The van der Waals surface area contributed by atoms with Gasteiger partial charge in [0.25, 0.3) is 0 Å². The van der Waals surface area contributed by atoms with Crippen molar-refractivity contribution in [1.82, 2.24) is 0 Å². The Kier molecular flexibility index (Phi) is 4.72. The van der Waals surface area contributed by atoms with Gasteiger partial charge in [0.2, 0.25) is 0 Å². The summed E-state index contributed by atoms with van der Waals surface area (Å²) in [7, 11) is 1.16. The molecule has 0 saturated heterocycles. The highest BCUT2D eigenvalue weighted by Gasteiger charge is 2.19. The summed E-state index contributed by atoms with van der Waals surface area (Å²) >= 11 is 5.87. The predicted octanol–water partition coefficient (Wildman–Crippen LogP) is 3.96. The first kappa shape index (κ1) is 15.9. The van der Waals surface area contributed by atoms with Crippen LogP contribution in [-0.2, 0) is 4.74 Å². The second-order valence-electron chi connectivity index (χ2n) is 4.25. The van der Waals surface area contributed by atoms with Crippen LogP contribution in [0.3, 0.4) is 0 Å². The van der Waals surface area contributed by atoms with E-state index in [0.717, 1.165) is 25.3 Å². The molecule has 2 aromatic rings. The Labute approximate surface area is 129 Å². The van der Waals surface area contributed by atoms with Crippen molar-refractivity contribution in [3.8, 4) is 0 Å². The molecule has 2 aromatic carbocycles. The van der Waals surface area contributed by atoms with Gasteiger partial charge in [0, 0.05) is 11.3 Å². The number of ether oxygens (including phenoxy) is 1. The van der Waals surface area contributed by atoms with Crippen molar-refractivity contribution in [3.63, 3.8) is 0 Å². The molecule has 0 fully saturated rings. The standard InChI is InChI=1S/C15H10ClF2NO3/c1-22-15(21)10-3-4-11(18)13(16)14(10)19-12-5-2-9(17)6-8(12)7-20/h2-7,19H,1H3. The molecule has 0 bridgehead atoms. The molecule has 7 heteroatoms. The van der Waals surface area contributed by atoms with Crippen molar-refractivity contribution in [2.45, 2.75) is 0 Å². The molecule has 1 N–H and O–H groups in total. The van der Waals surface area contributed by atoms with Crippen LogP contribution in [0, 0.1) is 11.6 Å². The third-order valence-corrected chi connectivity index (χ3v) is 3.27. The summed E-state index contributed by atoms with van der Waals surface area (Å²) in [4.78, 5) is 22.7. The van der Waals surface area contributed by atoms with Gasteiger partial charge in [-0.15, -0.1) is 0 Å². The maximum Gasteiger partial charge on any atom is 0.340 e. The van der Waals surface area contributed by atoms with Crippen molar-refractivity contribution >= 4 is 35.2 Å². The molecule has 22 heavy (non-hydrogen) atoms. The zero-order chi connectivity index (χ0) is 16.3. The van der Waals surface area contributed by atoms with Crippen LogP contribution >= 0.6 is 11.6 Å². The molecule has 0 radical (unpaired) electrons. The monoisotopic (exact) mass is 325 g/mol. The van der Waals surface area contributed by atoms with Crippen molar-refractivity contribution in [1.29, 1.82) is 0 Å². The molecule has 0 unspecified atom stereocenters. The van der Waals surface area contributed by atoms with Gasteiger partial charge in [-0.05, 0) is 30.3 Å². The van der Waals surface area contributed by atoms with Crippen LogP contribution in [0.15, 0.2) is 30.3 Å². The third-order valence-electron chi connectivity index (χ3n) is 2.90. The number of hydrogen-bond acceptors (Lipinski definition) is 4. The zero-order valence-electron chi connectivity index (χ0n) is 11.3. The van der Waals surface area contributed by atoms with E-state index in [2.05, 4.69) is 10.1 Å². The molecule has 0 amide bonds. The number of rotatable bonds is 4. The van der Waals surface area contributed by atoms with E-state index in [1.807, 2.05) is 0 Å². The summed E-state index contributed by atoms with van der Waals surface area (Å²) in [5.41, 5.74) is 0.0866. The smallest absolute Gasteiger partial charge is 0.340 e. The molecule has 0 aliphatic heterocycles. The summed E-state index contributed by atoms with van der Waals surface area (Å²) in [6, 6.07) is 5.60.